The molecule has 0 saturated carbocycles. The zero-order valence-corrected chi connectivity index (χ0v) is 15.2. The summed E-state index contributed by atoms with van der Waals surface area (Å²) < 4.78 is 5.55. The SMILES string of the molecule is NCCOc1ccc(C2=CSC3=NCC(Cc4ccccc4)=NN23)cc1. The molecule has 6 heteroatoms. The zero-order chi connectivity index (χ0) is 17.8. The van der Waals surface area contributed by atoms with Crippen molar-refractivity contribution in [1.82, 2.24) is 5.01 Å². The summed E-state index contributed by atoms with van der Waals surface area (Å²) in [6, 6.07) is 18.4. The lowest BCUT2D eigenvalue weighted by Gasteiger charge is -2.22. The van der Waals surface area contributed by atoms with Crippen LogP contribution in [0, 0.1) is 0 Å². The molecule has 0 aromatic heterocycles. The van der Waals surface area contributed by atoms with Crippen molar-refractivity contribution in [2.75, 3.05) is 19.7 Å². The van der Waals surface area contributed by atoms with Gasteiger partial charge in [0.1, 0.15) is 12.4 Å². The standard InChI is InChI=1S/C20H20N4OS/c21-10-11-25-18-8-6-16(7-9-18)19-14-26-20-22-13-17(23-24(19)20)12-15-4-2-1-3-5-15/h1-9,14H,10-13,21H2. The molecule has 0 radical (unpaired) electrons. The molecule has 2 aliphatic rings. The van der Waals surface area contributed by atoms with Crippen LogP contribution in [0.5, 0.6) is 5.75 Å². The quantitative estimate of drug-likeness (QED) is 0.854. The summed E-state index contributed by atoms with van der Waals surface area (Å²) in [6.45, 7) is 1.69. The smallest absolute Gasteiger partial charge is 0.189 e. The van der Waals surface area contributed by atoms with Crippen molar-refractivity contribution in [3.8, 4) is 5.75 Å². The van der Waals surface area contributed by atoms with Gasteiger partial charge in [0, 0.05) is 23.9 Å². The summed E-state index contributed by atoms with van der Waals surface area (Å²) in [4.78, 5) is 4.69. The number of thioether (sulfide) groups is 1. The van der Waals surface area contributed by atoms with Gasteiger partial charge in [-0.15, -0.1) is 0 Å². The van der Waals surface area contributed by atoms with E-state index in [9.17, 15) is 0 Å². The molecule has 0 fully saturated rings. The molecule has 0 bridgehead atoms. The minimum Gasteiger partial charge on any atom is -0.492 e. The molecule has 4 rings (SSSR count). The third-order valence-corrected chi connectivity index (χ3v) is 4.97. The average molecular weight is 364 g/mol. The molecule has 2 aromatic rings. The number of amidine groups is 1. The summed E-state index contributed by atoms with van der Waals surface area (Å²) in [6.07, 6.45) is 0.817. The maximum Gasteiger partial charge on any atom is 0.189 e. The zero-order valence-electron chi connectivity index (χ0n) is 14.3. The summed E-state index contributed by atoms with van der Waals surface area (Å²) in [5.41, 5.74) is 9.93. The monoisotopic (exact) mass is 364 g/mol. The number of benzene rings is 2. The Morgan fingerprint density at radius 1 is 1.08 bits per heavy atom. The Bertz CT molecular complexity index is 859. The topological polar surface area (TPSA) is 63.2 Å². The van der Waals surface area contributed by atoms with Crippen LogP contribution in [0.3, 0.4) is 0 Å². The molecule has 0 aliphatic carbocycles. The lowest BCUT2D eigenvalue weighted by atomic mass is 10.1. The third kappa shape index (κ3) is 3.66. The van der Waals surface area contributed by atoms with Crippen LogP contribution < -0.4 is 10.5 Å². The molecule has 0 amide bonds. The van der Waals surface area contributed by atoms with E-state index in [1.54, 1.807) is 11.8 Å². The largest absolute Gasteiger partial charge is 0.492 e. The first-order chi connectivity index (χ1) is 12.8. The average Bonchev–Trinajstić information content (AvgIpc) is 3.11. The summed E-state index contributed by atoms with van der Waals surface area (Å²) in [5, 5.41) is 9.83. The fourth-order valence-corrected chi connectivity index (χ4v) is 3.69. The first kappa shape index (κ1) is 16.9. The number of hydrogen-bond donors (Lipinski definition) is 1. The van der Waals surface area contributed by atoms with Crippen LogP contribution in [-0.2, 0) is 6.42 Å². The van der Waals surface area contributed by atoms with E-state index in [4.69, 9.17) is 15.6 Å². The van der Waals surface area contributed by atoms with Crippen molar-refractivity contribution in [2.45, 2.75) is 6.42 Å². The van der Waals surface area contributed by atoms with Crippen molar-refractivity contribution in [1.29, 1.82) is 0 Å². The van der Waals surface area contributed by atoms with Crippen LogP contribution in [0.25, 0.3) is 5.70 Å². The van der Waals surface area contributed by atoms with E-state index < -0.39 is 0 Å². The number of rotatable bonds is 6. The molecule has 0 saturated heterocycles. The summed E-state index contributed by atoms with van der Waals surface area (Å²) in [7, 11) is 0. The number of nitrogens with zero attached hydrogens (tertiary/aromatic N) is 3. The van der Waals surface area contributed by atoms with Crippen LogP contribution in [-0.4, -0.2) is 35.6 Å². The van der Waals surface area contributed by atoms with E-state index in [0.717, 1.165) is 34.3 Å². The Kier molecular flexibility index (Phi) is 5.04. The maximum atomic E-state index is 5.55. The van der Waals surface area contributed by atoms with Gasteiger partial charge in [0.05, 0.1) is 18.0 Å². The van der Waals surface area contributed by atoms with Gasteiger partial charge in [-0.25, -0.2) is 5.01 Å². The maximum absolute atomic E-state index is 5.55. The van der Waals surface area contributed by atoms with E-state index >= 15 is 0 Å². The second-order valence-corrected chi connectivity index (χ2v) is 6.86. The lowest BCUT2D eigenvalue weighted by molar-refractivity contribution is 0.328. The molecule has 5 nitrogen and oxygen atoms in total. The van der Waals surface area contributed by atoms with E-state index in [0.29, 0.717) is 19.7 Å². The van der Waals surface area contributed by atoms with Gasteiger partial charge in [0.2, 0.25) is 0 Å². The Hall–Kier alpha value is -2.57. The molecule has 26 heavy (non-hydrogen) atoms. The molecule has 0 atom stereocenters. The Balaban J connectivity index is 1.51. The normalized spacial score (nSPS) is 15.9. The molecule has 132 valence electrons. The lowest BCUT2D eigenvalue weighted by Crippen LogP contribution is -2.27. The van der Waals surface area contributed by atoms with Gasteiger partial charge >= 0.3 is 0 Å². The molecular weight excluding hydrogens is 344 g/mol. The first-order valence-electron chi connectivity index (χ1n) is 8.58. The predicted molar refractivity (Wildman–Crippen MR) is 108 cm³/mol. The van der Waals surface area contributed by atoms with E-state index in [2.05, 4.69) is 34.7 Å². The molecule has 2 heterocycles. The Morgan fingerprint density at radius 2 is 1.88 bits per heavy atom. The van der Waals surface area contributed by atoms with Gasteiger partial charge in [-0.2, -0.15) is 5.10 Å². The summed E-state index contributed by atoms with van der Waals surface area (Å²) in [5.74, 6) is 0.825. The summed E-state index contributed by atoms with van der Waals surface area (Å²) >= 11 is 1.61. The molecule has 0 spiro atoms. The van der Waals surface area contributed by atoms with Crippen LogP contribution in [0.2, 0.25) is 0 Å². The van der Waals surface area contributed by atoms with Crippen LogP contribution >= 0.6 is 11.8 Å². The second-order valence-electron chi connectivity index (χ2n) is 6.02. The van der Waals surface area contributed by atoms with Crippen LogP contribution in [0.15, 0.2) is 70.1 Å². The molecule has 2 aromatic carbocycles. The van der Waals surface area contributed by atoms with Gasteiger partial charge in [0.25, 0.3) is 0 Å². The van der Waals surface area contributed by atoms with Crippen molar-refractivity contribution in [3.63, 3.8) is 0 Å². The molecule has 2 aliphatic heterocycles. The number of nitrogens with two attached hydrogens (primary N) is 1. The highest BCUT2D eigenvalue weighted by Crippen LogP contribution is 2.35. The van der Waals surface area contributed by atoms with Gasteiger partial charge in [-0.05, 0) is 29.8 Å². The third-order valence-electron chi connectivity index (χ3n) is 4.11. The number of hydrazone groups is 1. The second kappa shape index (κ2) is 7.76. The van der Waals surface area contributed by atoms with Crippen LogP contribution in [0.1, 0.15) is 11.1 Å². The van der Waals surface area contributed by atoms with Gasteiger partial charge in [-0.1, -0.05) is 42.1 Å². The van der Waals surface area contributed by atoms with E-state index in [-0.39, 0.29) is 0 Å². The fraction of sp³-hybridized carbons (Fsp3) is 0.200. The minimum atomic E-state index is 0.510. The van der Waals surface area contributed by atoms with E-state index in [1.165, 1.54) is 5.56 Å². The van der Waals surface area contributed by atoms with Crippen molar-refractivity contribution in [3.05, 3.63) is 71.1 Å². The predicted octanol–water partition coefficient (Wildman–Crippen LogP) is 3.34. The van der Waals surface area contributed by atoms with E-state index in [1.807, 2.05) is 35.3 Å². The first-order valence-corrected chi connectivity index (χ1v) is 9.46. The number of hydrogen-bond acceptors (Lipinski definition) is 6. The van der Waals surface area contributed by atoms with Gasteiger partial charge < -0.3 is 10.5 Å². The highest BCUT2D eigenvalue weighted by Gasteiger charge is 2.27. The van der Waals surface area contributed by atoms with Crippen molar-refractivity contribution in [2.24, 2.45) is 15.8 Å². The van der Waals surface area contributed by atoms with Gasteiger partial charge in [0.15, 0.2) is 5.17 Å². The van der Waals surface area contributed by atoms with Gasteiger partial charge in [-0.3, -0.25) is 4.99 Å². The highest BCUT2D eigenvalue weighted by atomic mass is 32.2. The minimum absolute atomic E-state index is 0.510. The number of fused-ring (bicyclic) bond motifs is 1. The van der Waals surface area contributed by atoms with Crippen molar-refractivity contribution >= 4 is 28.3 Å². The van der Waals surface area contributed by atoms with Crippen molar-refractivity contribution < 1.29 is 4.74 Å². The van der Waals surface area contributed by atoms with Crippen LogP contribution in [0.4, 0.5) is 0 Å². The Morgan fingerprint density at radius 3 is 2.65 bits per heavy atom. The molecular formula is C20H20N4OS. The number of ether oxygens (including phenoxy) is 1. The highest BCUT2D eigenvalue weighted by molar-refractivity contribution is 8.16. The fourth-order valence-electron chi connectivity index (χ4n) is 2.86. The number of aliphatic imine (C=N–C) groups is 1. The Labute approximate surface area is 157 Å². The molecule has 2 N–H and O–H groups in total. The molecule has 0 unspecified atom stereocenters.